The van der Waals surface area contributed by atoms with Gasteiger partial charge in [0.2, 0.25) is 0 Å². The number of anilines is 1. The van der Waals surface area contributed by atoms with E-state index in [0.717, 1.165) is 36.8 Å². The van der Waals surface area contributed by atoms with Crippen molar-refractivity contribution in [3.05, 3.63) is 29.3 Å². The molecule has 1 aromatic rings. The first-order valence-corrected chi connectivity index (χ1v) is 8.38. The molecule has 0 heterocycles. The van der Waals surface area contributed by atoms with Crippen molar-refractivity contribution in [1.29, 1.82) is 0 Å². The Morgan fingerprint density at radius 1 is 1.21 bits per heavy atom. The highest BCUT2D eigenvalue weighted by Crippen LogP contribution is 2.32. The summed E-state index contributed by atoms with van der Waals surface area (Å²) in [4.78, 5) is 24.2. The van der Waals surface area contributed by atoms with Crippen molar-refractivity contribution in [1.82, 2.24) is 5.32 Å². The normalized spacial score (nSPS) is 16.0. The highest BCUT2D eigenvalue weighted by molar-refractivity contribution is 6.39. The van der Waals surface area contributed by atoms with Gasteiger partial charge in [0.25, 0.3) is 0 Å². The molecule has 1 aliphatic rings. The summed E-state index contributed by atoms with van der Waals surface area (Å²) < 4.78 is 5.73. The van der Waals surface area contributed by atoms with Gasteiger partial charge in [-0.05, 0) is 43.9 Å². The van der Waals surface area contributed by atoms with Gasteiger partial charge in [-0.25, -0.2) is 0 Å². The van der Waals surface area contributed by atoms with Gasteiger partial charge < -0.3 is 20.5 Å². The number of aryl methyl sites for hydroxylation is 1. The van der Waals surface area contributed by atoms with Gasteiger partial charge in [0.1, 0.15) is 0 Å². The monoisotopic (exact) mass is 334 g/mol. The number of aliphatic hydroxyl groups is 1. The standard InChI is InChI=1S/C18H26N2O4/c1-13-6-5-7-15(14(13)2)20-17(23)16(22)19-12-18(24-11-10-21)8-3-4-9-18/h5-7,21H,3-4,8-12H2,1-2H3,(H,19,22)(H,20,23). The minimum atomic E-state index is -0.681. The van der Waals surface area contributed by atoms with Crippen LogP contribution < -0.4 is 10.6 Å². The predicted molar refractivity (Wildman–Crippen MR) is 91.8 cm³/mol. The van der Waals surface area contributed by atoms with E-state index in [2.05, 4.69) is 10.6 Å². The van der Waals surface area contributed by atoms with Crippen molar-refractivity contribution in [3.8, 4) is 0 Å². The number of carbonyl (C=O) groups excluding carboxylic acids is 2. The first kappa shape index (κ1) is 18.4. The summed E-state index contributed by atoms with van der Waals surface area (Å²) in [6.07, 6.45) is 3.70. The summed E-state index contributed by atoms with van der Waals surface area (Å²) in [5, 5.41) is 14.3. The molecular formula is C18H26N2O4. The lowest BCUT2D eigenvalue weighted by Gasteiger charge is -2.29. The lowest BCUT2D eigenvalue weighted by atomic mass is 10.0. The number of aliphatic hydroxyl groups excluding tert-OH is 1. The first-order chi connectivity index (χ1) is 11.5. The van der Waals surface area contributed by atoms with E-state index in [1.54, 1.807) is 6.07 Å². The van der Waals surface area contributed by atoms with Crippen LogP contribution in [0.5, 0.6) is 0 Å². The van der Waals surface area contributed by atoms with Crippen LogP contribution in [0, 0.1) is 13.8 Å². The Bertz CT molecular complexity index is 595. The van der Waals surface area contributed by atoms with Crippen molar-refractivity contribution >= 4 is 17.5 Å². The molecule has 1 fully saturated rings. The minimum absolute atomic E-state index is 0.0528. The summed E-state index contributed by atoms with van der Waals surface area (Å²) in [5.74, 6) is -1.35. The number of nitrogens with one attached hydrogen (secondary N) is 2. The van der Waals surface area contributed by atoms with Gasteiger partial charge in [0.15, 0.2) is 0 Å². The van der Waals surface area contributed by atoms with Gasteiger partial charge in [-0.1, -0.05) is 25.0 Å². The number of ether oxygens (including phenoxy) is 1. The second kappa shape index (κ2) is 8.26. The van der Waals surface area contributed by atoms with E-state index in [0.29, 0.717) is 5.69 Å². The maximum Gasteiger partial charge on any atom is 0.313 e. The third-order valence-electron chi connectivity index (χ3n) is 4.64. The van der Waals surface area contributed by atoms with Crippen molar-refractivity contribution < 1.29 is 19.4 Å². The molecule has 0 aromatic heterocycles. The van der Waals surface area contributed by atoms with Gasteiger partial charge in [-0.15, -0.1) is 0 Å². The molecule has 2 amide bonds. The number of amides is 2. The van der Waals surface area contributed by atoms with Gasteiger partial charge in [0, 0.05) is 12.2 Å². The van der Waals surface area contributed by atoms with Crippen LogP contribution in [0.15, 0.2) is 18.2 Å². The van der Waals surface area contributed by atoms with Crippen LogP contribution in [0.1, 0.15) is 36.8 Å². The first-order valence-electron chi connectivity index (χ1n) is 8.38. The number of hydrogen-bond donors (Lipinski definition) is 3. The second-order valence-corrected chi connectivity index (χ2v) is 6.35. The maximum absolute atomic E-state index is 12.1. The molecule has 0 saturated heterocycles. The Morgan fingerprint density at radius 3 is 2.58 bits per heavy atom. The largest absolute Gasteiger partial charge is 0.394 e. The van der Waals surface area contributed by atoms with Crippen molar-refractivity contribution in [2.75, 3.05) is 25.1 Å². The van der Waals surface area contributed by atoms with Crippen LogP contribution in [0.25, 0.3) is 0 Å². The fourth-order valence-corrected chi connectivity index (χ4v) is 3.04. The second-order valence-electron chi connectivity index (χ2n) is 6.35. The molecule has 1 aliphatic carbocycles. The van der Waals surface area contributed by atoms with Crippen LogP contribution in [-0.4, -0.2) is 42.3 Å². The van der Waals surface area contributed by atoms with Gasteiger partial charge >= 0.3 is 11.8 Å². The molecule has 1 aromatic carbocycles. The smallest absolute Gasteiger partial charge is 0.313 e. The summed E-state index contributed by atoms with van der Waals surface area (Å²) in [7, 11) is 0. The molecule has 6 heteroatoms. The van der Waals surface area contributed by atoms with Crippen LogP contribution in [0.4, 0.5) is 5.69 Å². The van der Waals surface area contributed by atoms with Crippen LogP contribution in [0.3, 0.4) is 0 Å². The zero-order chi connectivity index (χ0) is 17.6. The van der Waals surface area contributed by atoms with E-state index in [4.69, 9.17) is 9.84 Å². The molecule has 132 valence electrons. The topological polar surface area (TPSA) is 87.7 Å². The molecule has 0 spiro atoms. The lowest BCUT2D eigenvalue weighted by Crippen LogP contribution is -2.46. The molecule has 0 unspecified atom stereocenters. The molecule has 0 aliphatic heterocycles. The van der Waals surface area contributed by atoms with E-state index < -0.39 is 17.4 Å². The van der Waals surface area contributed by atoms with Crippen molar-refractivity contribution in [2.45, 2.75) is 45.1 Å². The molecule has 1 saturated carbocycles. The average molecular weight is 334 g/mol. The summed E-state index contributed by atoms with van der Waals surface area (Å²) >= 11 is 0. The molecule has 0 atom stereocenters. The number of rotatable bonds is 6. The predicted octanol–water partition coefficient (Wildman–Crippen LogP) is 1.68. The van der Waals surface area contributed by atoms with Crippen molar-refractivity contribution in [3.63, 3.8) is 0 Å². The zero-order valence-corrected chi connectivity index (χ0v) is 14.4. The van der Waals surface area contributed by atoms with E-state index in [1.165, 1.54) is 0 Å². The van der Waals surface area contributed by atoms with Crippen LogP contribution in [-0.2, 0) is 14.3 Å². The fourth-order valence-electron chi connectivity index (χ4n) is 3.04. The number of benzene rings is 1. The van der Waals surface area contributed by atoms with E-state index in [9.17, 15) is 9.59 Å². The van der Waals surface area contributed by atoms with Gasteiger partial charge in [-0.3, -0.25) is 9.59 Å². The van der Waals surface area contributed by atoms with Crippen LogP contribution in [0.2, 0.25) is 0 Å². The quantitative estimate of drug-likeness (QED) is 0.691. The molecule has 3 N–H and O–H groups in total. The molecule has 6 nitrogen and oxygen atoms in total. The highest BCUT2D eigenvalue weighted by atomic mass is 16.5. The zero-order valence-electron chi connectivity index (χ0n) is 14.4. The van der Waals surface area contributed by atoms with Gasteiger partial charge in [-0.2, -0.15) is 0 Å². The highest BCUT2D eigenvalue weighted by Gasteiger charge is 2.35. The van der Waals surface area contributed by atoms with E-state index in [1.807, 2.05) is 26.0 Å². The minimum Gasteiger partial charge on any atom is -0.394 e. The lowest BCUT2D eigenvalue weighted by molar-refractivity contribution is -0.137. The fraction of sp³-hybridized carbons (Fsp3) is 0.556. The summed E-state index contributed by atoms with van der Waals surface area (Å²) in [6, 6.07) is 5.57. The Balaban J connectivity index is 1.91. The Hall–Kier alpha value is -1.92. The van der Waals surface area contributed by atoms with Crippen LogP contribution >= 0.6 is 0 Å². The Labute approximate surface area is 142 Å². The molecule has 0 radical (unpaired) electrons. The number of carbonyl (C=O) groups is 2. The molecule has 24 heavy (non-hydrogen) atoms. The third kappa shape index (κ3) is 4.55. The van der Waals surface area contributed by atoms with E-state index >= 15 is 0 Å². The molecule has 0 bridgehead atoms. The number of hydrogen-bond acceptors (Lipinski definition) is 4. The Morgan fingerprint density at radius 2 is 1.92 bits per heavy atom. The van der Waals surface area contributed by atoms with E-state index in [-0.39, 0.29) is 19.8 Å². The average Bonchev–Trinajstić information content (AvgIpc) is 3.04. The van der Waals surface area contributed by atoms with Crippen molar-refractivity contribution in [2.24, 2.45) is 0 Å². The summed E-state index contributed by atoms with van der Waals surface area (Å²) in [5.41, 5.74) is 2.17. The SMILES string of the molecule is Cc1cccc(NC(=O)C(=O)NCC2(OCCO)CCCC2)c1C. The van der Waals surface area contributed by atoms with Gasteiger partial charge in [0.05, 0.1) is 18.8 Å². The third-order valence-corrected chi connectivity index (χ3v) is 4.64. The summed E-state index contributed by atoms with van der Waals surface area (Å²) in [6.45, 7) is 4.33. The molecular weight excluding hydrogens is 308 g/mol. The maximum atomic E-state index is 12.1. The Kier molecular flexibility index (Phi) is 6.34. The molecule has 2 rings (SSSR count).